The minimum atomic E-state index is -4.44. The number of amides is 1. The molecule has 1 heterocycles. The average molecular weight is 313 g/mol. The first-order valence-corrected chi connectivity index (χ1v) is 7.28. The molecule has 21 heavy (non-hydrogen) atoms. The Bertz CT molecular complexity index is 608. The van der Waals surface area contributed by atoms with Gasteiger partial charge < -0.3 is 4.90 Å². The lowest BCUT2D eigenvalue weighted by Gasteiger charge is -2.20. The quantitative estimate of drug-likeness (QED) is 0.818. The van der Waals surface area contributed by atoms with Gasteiger partial charge in [0.25, 0.3) is 5.91 Å². The molecular weight excluding hydrogens is 299 g/mol. The molecule has 0 radical (unpaired) electrons. The maximum Gasteiger partial charge on any atom is 0.416 e. The van der Waals surface area contributed by atoms with E-state index < -0.39 is 17.6 Å². The van der Waals surface area contributed by atoms with Crippen LogP contribution in [0, 0.1) is 0 Å². The van der Waals surface area contributed by atoms with E-state index >= 15 is 0 Å². The molecule has 0 bridgehead atoms. The fourth-order valence-electron chi connectivity index (χ4n) is 1.93. The summed E-state index contributed by atoms with van der Waals surface area (Å²) < 4.78 is 38.1. The number of rotatable bonds is 4. The number of carbonyl (C=O) groups is 1. The highest BCUT2D eigenvalue weighted by Crippen LogP contribution is 2.29. The van der Waals surface area contributed by atoms with Crippen molar-refractivity contribution in [2.45, 2.75) is 19.6 Å². The number of alkyl halides is 3. The standard InChI is InChI=1S/C15H14F3NOS/c1-2-19(10-13-7-4-8-21-13)14(20)11-5-3-6-12(9-11)15(16,17)18/h3-9H,2,10H2,1H3. The van der Waals surface area contributed by atoms with Gasteiger partial charge in [-0.2, -0.15) is 13.2 Å². The first kappa shape index (κ1) is 15.6. The Balaban J connectivity index is 2.21. The zero-order valence-electron chi connectivity index (χ0n) is 11.4. The number of halogens is 3. The second kappa shape index (κ2) is 6.30. The molecule has 0 aliphatic heterocycles. The monoisotopic (exact) mass is 313 g/mol. The van der Waals surface area contributed by atoms with Crippen LogP contribution in [0.1, 0.15) is 27.7 Å². The average Bonchev–Trinajstić information content (AvgIpc) is 2.96. The van der Waals surface area contributed by atoms with Crippen molar-refractivity contribution in [1.29, 1.82) is 0 Å². The molecular formula is C15H14F3NOS. The smallest absolute Gasteiger partial charge is 0.334 e. The fraction of sp³-hybridized carbons (Fsp3) is 0.267. The number of hydrogen-bond acceptors (Lipinski definition) is 2. The molecule has 0 aliphatic carbocycles. The van der Waals surface area contributed by atoms with Gasteiger partial charge in [0.1, 0.15) is 0 Å². The van der Waals surface area contributed by atoms with E-state index in [4.69, 9.17) is 0 Å². The van der Waals surface area contributed by atoms with Crippen molar-refractivity contribution in [1.82, 2.24) is 4.90 Å². The Hall–Kier alpha value is -1.82. The van der Waals surface area contributed by atoms with E-state index in [9.17, 15) is 18.0 Å². The summed E-state index contributed by atoms with van der Waals surface area (Å²) in [5.74, 6) is -0.392. The first-order chi connectivity index (χ1) is 9.91. The summed E-state index contributed by atoms with van der Waals surface area (Å²) in [5.41, 5.74) is -0.747. The van der Waals surface area contributed by atoms with Crippen molar-refractivity contribution in [3.63, 3.8) is 0 Å². The van der Waals surface area contributed by atoms with Gasteiger partial charge in [0, 0.05) is 17.0 Å². The topological polar surface area (TPSA) is 20.3 Å². The Morgan fingerprint density at radius 2 is 2.00 bits per heavy atom. The van der Waals surface area contributed by atoms with Crippen molar-refractivity contribution >= 4 is 17.2 Å². The molecule has 0 fully saturated rings. The van der Waals surface area contributed by atoms with Gasteiger partial charge >= 0.3 is 6.18 Å². The maximum atomic E-state index is 12.7. The molecule has 2 aromatic rings. The molecule has 1 aromatic heterocycles. The Kier molecular flexibility index (Phi) is 4.67. The zero-order valence-corrected chi connectivity index (χ0v) is 12.2. The van der Waals surface area contributed by atoms with E-state index in [-0.39, 0.29) is 5.56 Å². The van der Waals surface area contributed by atoms with Crippen molar-refractivity contribution < 1.29 is 18.0 Å². The predicted molar refractivity (Wildman–Crippen MR) is 76.2 cm³/mol. The van der Waals surface area contributed by atoms with Crippen molar-refractivity contribution in [2.75, 3.05) is 6.54 Å². The Labute approximate surface area is 124 Å². The molecule has 0 unspecified atom stereocenters. The second-order valence-electron chi connectivity index (χ2n) is 4.48. The molecule has 1 amide bonds. The summed E-state index contributed by atoms with van der Waals surface area (Å²) >= 11 is 1.51. The number of hydrogen-bond donors (Lipinski definition) is 0. The number of carbonyl (C=O) groups excluding carboxylic acids is 1. The third-order valence-corrected chi connectivity index (χ3v) is 3.89. The van der Waals surface area contributed by atoms with E-state index in [1.165, 1.54) is 28.4 Å². The molecule has 0 saturated carbocycles. The Morgan fingerprint density at radius 1 is 1.24 bits per heavy atom. The van der Waals surface area contributed by atoms with E-state index in [1.807, 2.05) is 17.5 Å². The van der Waals surface area contributed by atoms with Crippen LogP contribution in [0.3, 0.4) is 0 Å². The van der Waals surface area contributed by atoms with Gasteiger partial charge in [-0.1, -0.05) is 12.1 Å². The van der Waals surface area contributed by atoms with Crippen LogP contribution in [-0.4, -0.2) is 17.4 Å². The van der Waals surface area contributed by atoms with Crippen LogP contribution in [0.2, 0.25) is 0 Å². The molecule has 0 aliphatic rings. The summed E-state index contributed by atoms with van der Waals surface area (Å²) in [6, 6.07) is 8.31. The van der Waals surface area contributed by atoms with Crippen molar-refractivity contribution in [3.05, 3.63) is 57.8 Å². The first-order valence-electron chi connectivity index (χ1n) is 6.40. The van der Waals surface area contributed by atoms with Crippen LogP contribution in [0.15, 0.2) is 41.8 Å². The Morgan fingerprint density at radius 3 is 2.57 bits per heavy atom. The van der Waals surface area contributed by atoms with Crippen LogP contribution in [-0.2, 0) is 12.7 Å². The summed E-state index contributed by atoms with van der Waals surface area (Å²) in [6.45, 7) is 2.65. The lowest BCUT2D eigenvalue weighted by molar-refractivity contribution is -0.137. The van der Waals surface area contributed by atoms with Crippen LogP contribution < -0.4 is 0 Å². The molecule has 0 saturated heterocycles. The molecule has 6 heteroatoms. The molecule has 2 rings (SSSR count). The minimum Gasteiger partial charge on any atom is -0.334 e. The molecule has 0 atom stereocenters. The maximum absolute atomic E-state index is 12.7. The van der Waals surface area contributed by atoms with Gasteiger partial charge in [-0.15, -0.1) is 11.3 Å². The molecule has 1 aromatic carbocycles. The normalized spacial score (nSPS) is 11.4. The van der Waals surface area contributed by atoms with Gasteiger partial charge in [0.2, 0.25) is 0 Å². The van der Waals surface area contributed by atoms with Crippen molar-refractivity contribution in [3.8, 4) is 0 Å². The molecule has 112 valence electrons. The van der Waals surface area contributed by atoms with Gasteiger partial charge in [0.15, 0.2) is 0 Å². The van der Waals surface area contributed by atoms with Crippen LogP contribution in [0.5, 0.6) is 0 Å². The molecule has 2 nitrogen and oxygen atoms in total. The van der Waals surface area contributed by atoms with E-state index in [1.54, 1.807) is 6.92 Å². The summed E-state index contributed by atoms with van der Waals surface area (Å²) in [4.78, 5) is 14.9. The summed E-state index contributed by atoms with van der Waals surface area (Å²) in [6.07, 6.45) is -4.44. The highest BCUT2D eigenvalue weighted by molar-refractivity contribution is 7.09. The minimum absolute atomic E-state index is 0.0585. The largest absolute Gasteiger partial charge is 0.416 e. The number of benzene rings is 1. The second-order valence-corrected chi connectivity index (χ2v) is 5.51. The molecule has 0 spiro atoms. The van der Waals surface area contributed by atoms with Crippen molar-refractivity contribution in [2.24, 2.45) is 0 Å². The zero-order chi connectivity index (χ0) is 15.5. The van der Waals surface area contributed by atoms with Crippen LogP contribution >= 0.6 is 11.3 Å². The highest BCUT2D eigenvalue weighted by atomic mass is 32.1. The predicted octanol–water partition coefficient (Wildman–Crippen LogP) is 4.43. The third-order valence-electron chi connectivity index (χ3n) is 3.03. The third kappa shape index (κ3) is 3.85. The van der Waals surface area contributed by atoms with Gasteiger partial charge in [0.05, 0.1) is 12.1 Å². The molecule has 0 N–H and O–H groups in total. The van der Waals surface area contributed by atoms with Crippen LogP contribution in [0.4, 0.5) is 13.2 Å². The number of nitrogens with zero attached hydrogens (tertiary/aromatic N) is 1. The van der Waals surface area contributed by atoms with E-state index in [0.29, 0.717) is 13.1 Å². The lowest BCUT2D eigenvalue weighted by atomic mass is 10.1. The van der Waals surface area contributed by atoms with E-state index in [2.05, 4.69) is 0 Å². The number of thiophene rings is 1. The summed E-state index contributed by atoms with van der Waals surface area (Å²) in [5, 5.41) is 1.90. The van der Waals surface area contributed by atoms with Gasteiger partial charge in [-0.25, -0.2) is 0 Å². The van der Waals surface area contributed by atoms with E-state index in [0.717, 1.165) is 17.0 Å². The van der Waals surface area contributed by atoms with Gasteiger partial charge in [-0.3, -0.25) is 4.79 Å². The summed E-state index contributed by atoms with van der Waals surface area (Å²) in [7, 11) is 0. The fourth-order valence-corrected chi connectivity index (χ4v) is 2.65. The highest BCUT2D eigenvalue weighted by Gasteiger charge is 2.31. The van der Waals surface area contributed by atoms with Crippen LogP contribution in [0.25, 0.3) is 0 Å². The SMILES string of the molecule is CCN(Cc1cccs1)C(=O)c1cccc(C(F)(F)F)c1. The van der Waals surface area contributed by atoms with Gasteiger partial charge in [-0.05, 0) is 36.6 Å². The lowest BCUT2D eigenvalue weighted by Crippen LogP contribution is -2.30.